The molecule has 31 heavy (non-hydrogen) atoms. The molecule has 1 N–H and O–H groups in total. The van der Waals surface area contributed by atoms with Crippen LogP contribution in [0.2, 0.25) is 0 Å². The predicted molar refractivity (Wildman–Crippen MR) is 123 cm³/mol. The monoisotopic (exact) mass is 410 g/mol. The van der Waals surface area contributed by atoms with E-state index in [0.717, 1.165) is 35.6 Å². The number of carbonyl (C=O) groups is 1. The molecule has 154 valence electrons. The van der Waals surface area contributed by atoms with Crippen LogP contribution in [0.4, 0.5) is 17.1 Å². The summed E-state index contributed by atoms with van der Waals surface area (Å²) in [5.74, 6) is -0.268. The second kappa shape index (κ2) is 7.72. The SMILES string of the molecule is Cc1cccc2c(=O)n(CC(=O)Nc3ccccc3N3CCc4ccccc43)cnc12. The first-order valence-electron chi connectivity index (χ1n) is 10.3. The average molecular weight is 410 g/mol. The van der Waals surface area contributed by atoms with E-state index in [4.69, 9.17) is 0 Å². The van der Waals surface area contributed by atoms with Gasteiger partial charge in [0.15, 0.2) is 0 Å². The van der Waals surface area contributed by atoms with Crippen molar-refractivity contribution >= 4 is 33.9 Å². The van der Waals surface area contributed by atoms with Crippen LogP contribution < -0.4 is 15.8 Å². The number of fused-ring (bicyclic) bond motifs is 2. The molecular weight excluding hydrogens is 388 g/mol. The molecule has 0 fully saturated rings. The van der Waals surface area contributed by atoms with Crippen molar-refractivity contribution in [2.45, 2.75) is 19.9 Å². The third-order valence-corrected chi connectivity index (χ3v) is 5.73. The van der Waals surface area contributed by atoms with Crippen LogP contribution in [0.5, 0.6) is 0 Å². The van der Waals surface area contributed by atoms with E-state index in [2.05, 4.69) is 27.3 Å². The number of nitrogens with zero attached hydrogens (tertiary/aromatic N) is 3. The van der Waals surface area contributed by atoms with Crippen LogP contribution in [0, 0.1) is 6.92 Å². The van der Waals surface area contributed by atoms with Crippen molar-refractivity contribution < 1.29 is 4.79 Å². The standard InChI is InChI=1S/C25H22N4O2/c1-17-7-6-9-19-24(17)26-16-28(25(19)31)15-23(30)27-20-10-3-5-12-22(20)29-14-13-18-8-2-4-11-21(18)29/h2-12,16H,13-15H2,1H3,(H,27,30). The summed E-state index contributed by atoms with van der Waals surface area (Å²) in [5, 5.41) is 3.50. The van der Waals surface area contributed by atoms with E-state index in [1.165, 1.54) is 16.5 Å². The molecule has 6 nitrogen and oxygen atoms in total. The van der Waals surface area contributed by atoms with Crippen LogP contribution in [0.1, 0.15) is 11.1 Å². The molecule has 1 aliphatic heterocycles. The van der Waals surface area contributed by atoms with Crippen molar-refractivity contribution in [3.05, 3.63) is 94.5 Å². The maximum Gasteiger partial charge on any atom is 0.261 e. The van der Waals surface area contributed by atoms with Gasteiger partial charge in [0.1, 0.15) is 6.54 Å². The van der Waals surface area contributed by atoms with Gasteiger partial charge in [0.25, 0.3) is 5.56 Å². The number of aromatic nitrogens is 2. The summed E-state index contributed by atoms with van der Waals surface area (Å²) < 4.78 is 1.35. The van der Waals surface area contributed by atoms with Gasteiger partial charge >= 0.3 is 0 Å². The highest BCUT2D eigenvalue weighted by Crippen LogP contribution is 2.38. The molecule has 0 aliphatic carbocycles. The third kappa shape index (κ3) is 3.46. The van der Waals surface area contributed by atoms with E-state index < -0.39 is 0 Å². The lowest BCUT2D eigenvalue weighted by atomic mass is 10.1. The Morgan fingerprint density at radius 1 is 1.00 bits per heavy atom. The molecule has 2 heterocycles. The Kier molecular flexibility index (Phi) is 4.75. The zero-order valence-corrected chi connectivity index (χ0v) is 17.2. The molecule has 0 spiro atoms. The maximum atomic E-state index is 12.8. The van der Waals surface area contributed by atoms with Gasteiger partial charge in [-0.05, 0) is 48.7 Å². The first-order valence-corrected chi connectivity index (χ1v) is 10.3. The Balaban J connectivity index is 1.41. The first kappa shape index (κ1) is 19.1. The van der Waals surface area contributed by atoms with Crippen molar-refractivity contribution in [3.8, 4) is 0 Å². The van der Waals surface area contributed by atoms with Gasteiger partial charge in [0.05, 0.1) is 28.6 Å². The molecule has 0 atom stereocenters. The Hall–Kier alpha value is -3.93. The highest BCUT2D eigenvalue weighted by Gasteiger charge is 2.22. The fourth-order valence-corrected chi connectivity index (χ4v) is 4.20. The Bertz CT molecular complexity index is 1360. The van der Waals surface area contributed by atoms with E-state index in [1.54, 1.807) is 6.07 Å². The normalized spacial score (nSPS) is 12.7. The third-order valence-electron chi connectivity index (χ3n) is 5.73. The van der Waals surface area contributed by atoms with Crippen LogP contribution in [-0.4, -0.2) is 22.0 Å². The molecule has 1 amide bonds. The number of amides is 1. The number of hydrogen-bond donors (Lipinski definition) is 1. The summed E-state index contributed by atoms with van der Waals surface area (Å²) in [6, 6.07) is 21.6. The summed E-state index contributed by atoms with van der Waals surface area (Å²) >= 11 is 0. The number of nitrogens with one attached hydrogen (secondary N) is 1. The van der Waals surface area contributed by atoms with Gasteiger partial charge < -0.3 is 10.2 Å². The van der Waals surface area contributed by atoms with Gasteiger partial charge in [0, 0.05) is 12.2 Å². The van der Waals surface area contributed by atoms with Crippen molar-refractivity contribution in [1.29, 1.82) is 0 Å². The second-order valence-corrected chi connectivity index (χ2v) is 7.74. The van der Waals surface area contributed by atoms with Crippen molar-refractivity contribution in [2.75, 3.05) is 16.8 Å². The van der Waals surface area contributed by atoms with Gasteiger partial charge in [0.2, 0.25) is 5.91 Å². The molecule has 0 saturated heterocycles. The molecule has 0 unspecified atom stereocenters. The highest BCUT2D eigenvalue weighted by molar-refractivity contribution is 5.95. The first-order chi connectivity index (χ1) is 15.1. The lowest BCUT2D eigenvalue weighted by Gasteiger charge is -2.23. The van der Waals surface area contributed by atoms with Crippen LogP contribution >= 0.6 is 0 Å². The van der Waals surface area contributed by atoms with Gasteiger partial charge in [-0.1, -0.05) is 42.5 Å². The Morgan fingerprint density at radius 2 is 1.77 bits per heavy atom. The molecule has 0 radical (unpaired) electrons. The number of hydrogen-bond acceptors (Lipinski definition) is 4. The smallest absolute Gasteiger partial charge is 0.261 e. The minimum absolute atomic E-state index is 0.0966. The van der Waals surface area contributed by atoms with Gasteiger partial charge in [-0.15, -0.1) is 0 Å². The lowest BCUT2D eigenvalue weighted by Crippen LogP contribution is -2.28. The number of carbonyl (C=O) groups excluding carboxylic acids is 1. The molecule has 1 aliphatic rings. The van der Waals surface area contributed by atoms with E-state index in [0.29, 0.717) is 10.9 Å². The number of anilines is 3. The number of aryl methyl sites for hydroxylation is 1. The molecule has 0 bridgehead atoms. The van der Waals surface area contributed by atoms with Crippen LogP contribution in [0.3, 0.4) is 0 Å². The zero-order valence-electron chi connectivity index (χ0n) is 17.2. The average Bonchev–Trinajstić information content (AvgIpc) is 3.21. The number of rotatable bonds is 4. The quantitative estimate of drug-likeness (QED) is 0.551. The molecule has 1 aromatic heterocycles. The minimum atomic E-state index is -0.268. The predicted octanol–water partition coefficient (Wildman–Crippen LogP) is 4.04. The van der Waals surface area contributed by atoms with Crippen LogP contribution in [0.25, 0.3) is 10.9 Å². The molecular formula is C25H22N4O2. The zero-order chi connectivity index (χ0) is 21.4. The fraction of sp³-hybridized carbons (Fsp3) is 0.160. The Morgan fingerprint density at radius 3 is 2.65 bits per heavy atom. The lowest BCUT2D eigenvalue weighted by molar-refractivity contribution is -0.116. The summed E-state index contributed by atoms with van der Waals surface area (Å²) in [7, 11) is 0. The summed E-state index contributed by atoms with van der Waals surface area (Å²) in [4.78, 5) is 32.3. The largest absolute Gasteiger partial charge is 0.339 e. The summed E-state index contributed by atoms with van der Waals surface area (Å²) in [5.41, 5.74) is 5.52. The van der Waals surface area contributed by atoms with Crippen molar-refractivity contribution in [1.82, 2.24) is 9.55 Å². The summed E-state index contributed by atoms with van der Waals surface area (Å²) in [6.45, 7) is 2.68. The van der Waals surface area contributed by atoms with Gasteiger partial charge in [-0.2, -0.15) is 0 Å². The van der Waals surface area contributed by atoms with Crippen LogP contribution in [-0.2, 0) is 17.8 Å². The van der Waals surface area contributed by atoms with E-state index in [-0.39, 0.29) is 18.0 Å². The molecule has 3 aromatic carbocycles. The molecule has 5 rings (SSSR count). The molecule has 0 saturated carbocycles. The number of para-hydroxylation sites is 4. The maximum absolute atomic E-state index is 12.8. The van der Waals surface area contributed by atoms with Crippen LogP contribution in [0.15, 0.2) is 77.9 Å². The molecule has 6 heteroatoms. The topological polar surface area (TPSA) is 67.2 Å². The second-order valence-electron chi connectivity index (χ2n) is 7.74. The molecule has 4 aromatic rings. The van der Waals surface area contributed by atoms with E-state index >= 15 is 0 Å². The van der Waals surface area contributed by atoms with E-state index in [1.807, 2.05) is 55.5 Å². The number of benzene rings is 3. The summed E-state index contributed by atoms with van der Waals surface area (Å²) in [6.07, 6.45) is 2.41. The fourth-order valence-electron chi connectivity index (χ4n) is 4.20. The van der Waals surface area contributed by atoms with Gasteiger partial charge in [-0.25, -0.2) is 4.98 Å². The minimum Gasteiger partial charge on any atom is -0.339 e. The van der Waals surface area contributed by atoms with Gasteiger partial charge in [-0.3, -0.25) is 14.2 Å². The highest BCUT2D eigenvalue weighted by atomic mass is 16.2. The van der Waals surface area contributed by atoms with Crippen molar-refractivity contribution in [3.63, 3.8) is 0 Å². The van der Waals surface area contributed by atoms with Crippen molar-refractivity contribution in [2.24, 2.45) is 0 Å². The van der Waals surface area contributed by atoms with E-state index in [9.17, 15) is 9.59 Å². The Labute approximate surface area is 179 Å².